The van der Waals surface area contributed by atoms with Gasteiger partial charge in [0.2, 0.25) is 5.91 Å². The average Bonchev–Trinajstić information content (AvgIpc) is 3.50. The second-order valence-electron chi connectivity index (χ2n) is 13.0. The molecule has 16 heteroatoms. The van der Waals surface area contributed by atoms with Gasteiger partial charge in [-0.2, -0.15) is 0 Å². The Kier molecular flexibility index (Phi) is 13.1. The molecule has 5 rings (SSSR count). The van der Waals surface area contributed by atoms with Gasteiger partial charge < -0.3 is 25.5 Å². The van der Waals surface area contributed by atoms with E-state index in [4.69, 9.17) is 0 Å². The molecule has 1 saturated heterocycles. The summed E-state index contributed by atoms with van der Waals surface area (Å²) in [6.07, 6.45) is 0.608. The summed E-state index contributed by atoms with van der Waals surface area (Å²) in [7, 11) is 2.07. The van der Waals surface area contributed by atoms with Gasteiger partial charge in [0.15, 0.2) is 0 Å². The number of nitrogens with zero attached hydrogens (tertiary/aromatic N) is 8. The van der Waals surface area contributed by atoms with Gasteiger partial charge in [0.25, 0.3) is 0 Å². The maximum absolute atomic E-state index is 13.2. The van der Waals surface area contributed by atoms with E-state index < -0.39 is 17.9 Å². The molecule has 1 amide bonds. The molecule has 3 heterocycles. The van der Waals surface area contributed by atoms with Gasteiger partial charge >= 0.3 is 17.9 Å². The number of nitrogens with one attached hydrogen (secondary N) is 1. The fraction of sp³-hybridized carbons (Fsp3) is 0.486. The normalized spacial score (nSPS) is 16.8. The summed E-state index contributed by atoms with van der Waals surface area (Å²) in [5.74, 6) is -3.20. The van der Waals surface area contributed by atoms with Gasteiger partial charge in [-0.15, -0.1) is 5.10 Å². The van der Waals surface area contributed by atoms with E-state index >= 15 is 0 Å². The number of anilines is 1. The minimum absolute atomic E-state index is 0.0589. The van der Waals surface area contributed by atoms with E-state index in [1.54, 1.807) is 14.7 Å². The van der Waals surface area contributed by atoms with Crippen molar-refractivity contribution in [2.75, 3.05) is 97.0 Å². The molecule has 51 heavy (non-hydrogen) atoms. The van der Waals surface area contributed by atoms with E-state index in [0.29, 0.717) is 71.9 Å². The van der Waals surface area contributed by atoms with E-state index in [0.717, 1.165) is 34.7 Å². The van der Waals surface area contributed by atoms with Crippen molar-refractivity contribution in [3.8, 4) is 22.5 Å². The lowest BCUT2D eigenvalue weighted by molar-refractivity contribution is -0.140. The zero-order valence-electron chi connectivity index (χ0n) is 29.0. The number of carbonyl (C=O) groups is 4. The molecule has 0 bridgehead atoms. The maximum atomic E-state index is 13.2. The van der Waals surface area contributed by atoms with Crippen molar-refractivity contribution >= 4 is 29.5 Å². The van der Waals surface area contributed by atoms with Crippen molar-refractivity contribution in [3.63, 3.8) is 0 Å². The topological polar surface area (TPSA) is 188 Å². The molecule has 4 N–H and O–H groups in total. The highest BCUT2D eigenvalue weighted by molar-refractivity contribution is 5.88. The van der Waals surface area contributed by atoms with Gasteiger partial charge in [0.05, 0.1) is 31.9 Å². The van der Waals surface area contributed by atoms with E-state index in [1.165, 1.54) is 5.56 Å². The highest BCUT2D eigenvalue weighted by Crippen LogP contribution is 2.40. The summed E-state index contributed by atoms with van der Waals surface area (Å²) in [6, 6.07) is 16.4. The third-order valence-corrected chi connectivity index (χ3v) is 9.23. The fourth-order valence-electron chi connectivity index (χ4n) is 6.65. The molecule has 1 fully saturated rings. The van der Waals surface area contributed by atoms with Crippen molar-refractivity contribution in [1.29, 1.82) is 0 Å². The molecule has 0 atom stereocenters. The Morgan fingerprint density at radius 3 is 1.73 bits per heavy atom. The zero-order chi connectivity index (χ0) is 36.3. The summed E-state index contributed by atoms with van der Waals surface area (Å²) >= 11 is 0. The first-order valence-electron chi connectivity index (χ1n) is 17.2. The summed E-state index contributed by atoms with van der Waals surface area (Å²) in [6.45, 7) is 3.76. The minimum atomic E-state index is -1.01. The molecule has 274 valence electrons. The van der Waals surface area contributed by atoms with Crippen LogP contribution >= 0.6 is 0 Å². The number of aryl methyl sites for hydroxylation is 1. The molecule has 0 saturated carbocycles. The number of hydrogen-bond acceptors (Lipinski definition) is 11. The second-order valence-corrected chi connectivity index (χ2v) is 13.0. The summed E-state index contributed by atoms with van der Waals surface area (Å²) < 4.78 is 1.91. The monoisotopic (exact) mass is 705 g/mol. The molecular formula is C35H47N9O7. The Labute approximate surface area is 296 Å². The standard InChI is InChI=1S/C35H47N9O7/c1-39-21-26-7-2-3-8-27(26)35-34(28-9-4-5-10-29(28)39)37-38-44(35)12-6-11-36-30(45)22-40-13-15-41(23-31(46)47)17-19-43(25-33(50)51)20-18-42(16-14-40)24-32(48)49/h2-5,7-10H,6,11-25H2,1H3,(H,36,45)(H,46,47)(H,48,49)(H,50,51). The molecule has 2 aromatic carbocycles. The number of benzene rings is 2. The molecule has 1 aromatic heterocycles. The van der Waals surface area contributed by atoms with E-state index in [2.05, 4.69) is 51.8 Å². The Morgan fingerprint density at radius 2 is 1.18 bits per heavy atom. The van der Waals surface area contributed by atoms with Crippen LogP contribution in [0.4, 0.5) is 5.69 Å². The molecule has 0 aliphatic carbocycles. The van der Waals surface area contributed by atoms with Crippen LogP contribution in [0.15, 0.2) is 48.5 Å². The van der Waals surface area contributed by atoms with Crippen molar-refractivity contribution in [1.82, 2.24) is 39.9 Å². The Balaban J connectivity index is 1.22. The number of para-hydroxylation sites is 1. The summed E-state index contributed by atoms with van der Waals surface area (Å²) in [4.78, 5) is 57.0. The van der Waals surface area contributed by atoms with Crippen LogP contribution in [0.5, 0.6) is 0 Å². The molecule has 2 aliphatic heterocycles. The quantitative estimate of drug-likeness (QED) is 0.191. The lowest BCUT2D eigenvalue weighted by atomic mass is 9.96. The molecular weight excluding hydrogens is 658 g/mol. The van der Waals surface area contributed by atoms with Crippen LogP contribution in [0, 0.1) is 0 Å². The maximum Gasteiger partial charge on any atom is 0.317 e. The Morgan fingerprint density at radius 1 is 0.686 bits per heavy atom. The Hall–Kier alpha value is -4.90. The summed E-state index contributed by atoms with van der Waals surface area (Å²) in [5.41, 5.74) is 6.08. The molecule has 0 radical (unpaired) electrons. The molecule has 2 aliphatic rings. The number of aliphatic carboxylic acids is 3. The largest absolute Gasteiger partial charge is 0.480 e. The average molecular weight is 706 g/mol. The minimum Gasteiger partial charge on any atom is -0.480 e. The molecule has 0 unspecified atom stereocenters. The number of carbonyl (C=O) groups excluding carboxylic acids is 1. The van der Waals surface area contributed by atoms with Gasteiger partial charge in [-0.1, -0.05) is 47.7 Å². The van der Waals surface area contributed by atoms with Crippen LogP contribution in [0.3, 0.4) is 0 Å². The van der Waals surface area contributed by atoms with Crippen molar-refractivity contribution in [2.45, 2.75) is 19.5 Å². The lowest BCUT2D eigenvalue weighted by Gasteiger charge is -2.32. The third-order valence-electron chi connectivity index (χ3n) is 9.23. The van der Waals surface area contributed by atoms with Crippen LogP contribution in [0.2, 0.25) is 0 Å². The zero-order valence-corrected chi connectivity index (χ0v) is 29.0. The van der Waals surface area contributed by atoms with Crippen LogP contribution in [0.25, 0.3) is 22.5 Å². The van der Waals surface area contributed by atoms with Gasteiger partial charge in [-0.05, 0) is 18.1 Å². The number of aromatic nitrogens is 3. The number of amides is 1. The van der Waals surface area contributed by atoms with Crippen LogP contribution in [0.1, 0.15) is 12.0 Å². The molecule has 0 spiro atoms. The van der Waals surface area contributed by atoms with Crippen molar-refractivity contribution in [2.24, 2.45) is 0 Å². The number of rotatable bonds is 12. The predicted octanol–water partition coefficient (Wildman–Crippen LogP) is 0.544. The van der Waals surface area contributed by atoms with Crippen LogP contribution in [-0.4, -0.2) is 166 Å². The number of fused-ring (bicyclic) bond motifs is 5. The first-order valence-corrected chi connectivity index (χ1v) is 17.2. The number of carboxylic acids is 3. The first-order chi connectivity index (χ1) is 24.6. The van der Waals surface area contributed by atoms with E-state index in [9.17, 15) is 34.5 Å². The van der Waals surface area contributed by atoms with Crippen LogP contribution in [-0.2, 0) is 32.3 Å². The fourth-order valence-corrected chi connectivity index (χ4v) is 6.65. The van der Waals surface area contributed by atoms with Crippen LogP contribution < -0.4 is 10.2 Å². The lowest BCUT2D eigenvalue weighted by Crippen LogP contribution is -2.49. The van der Waals surface area contributed by atoms with Crippen molar-refractivity contribution < 1.29 is 34.5 Å². The molecule has 3 aromatic rings. The molecule has 16 nitrogen and oxygen atoms in total. The predicted molar refractivity (Wildman–Crippen MR) is 189 cm³/mol. The van der Waals surface area contributed by atoms with E-state index in [1.807, 2.05) is 33.8 Å². The number of carboxylic acid groups (broad SMARTS) is 3. The SMILES string of the molecule is CN1Cc2ccccc2-c2c(nnn2CCCNC(=O)CN2CCN(CC(=O)O)CCN(CC(=O)O)CCN(CC(=O)O)CC2)-c2ccccc21. The second kappa shape index (κ2) is 17.8. The highest BCUT2D eigenvalue weighted by atomic mass is 16.4. The van der Waals surface area contributed by atoms with Crippen molar-refractivity contribution in [3.05, 3.63) is 54.1 Å². The van der Waals surface area contributed by atoms with E-state index in [-0.39, 0.29) is 32.1 Å². The number of hydrogen-bond donors (Lipinski definition) is 4. The van der Waals surface area contributed by atoms with Gasteiger partial charge in [0.1, 0.15) is 5.69 Å². The first kappa shape index (κ1) is 37.4. The smallest absolute Gasteiger partial charge is 0.317 e. The highest BCUT2D eigenvalue weighted by Gasteiger charge is 2.25. The summed E-state index contributed by atoms with van der Waals surface area (Å²) in [5, 5.41) is 40.5. The van der Waals surface area contributed by atoms with Gasteiger partial charge in [-0.25, -0.2) is 4.68 Å². The van der Waals surface area contributed by atoms with Gasteiger partial charge in [0, 0.05) is 95.9 Å². The third kappa shape index (κ3) is 10.6. The Bertz CT molecular complexity index is 1650. The van der Waals surface area contributed by atoms with Gasteiger partial charge in [-0.3, -0.25) is 38.8 Å².